The van der Waals surface area contributed by atoms with Crippen LogP contribution in [0.15, 0.2) is 35.7 Å². The molecule has 1 aliphatic carbocycles. The molecular weight excluding hydrogens is 418 g/mol. The van der Waals surface area contributed by atoms with Crippen LogP contribution in [0, 0.1) is 0 Å². The van der Waals surface area contributed by atoms with Gasteiger partial charge in [-0.05, 0) is 36.4 Å². The van der Waals surface area contributed by atoms with E-state index in [0.29, 0.717) is 23.7 Å². The highest BCUT2D eigenvalue weighted by atomic mass is 32.1. The molecule has 1 aliphatic rings. The molecule has 0 saturated heterocycles. The molecule has 0 atom stereocenters. The number of benzene rings is 1. The predicted molar refractivity (Wildman–Crippen MR) is 119 cm³/mol. The second kappa shape index (κ2) is 10.3. The molecule has 3 amide bonds. The SMILES string of the molecule is COc1ccc(NC(=O)C(=O)NCC(=O)NCC2(c3cccs3)CCCC2)cc1OC. The van der Waals surface area contributed by atoms with E-state index in [-0.39, 0.29) is 17.9 Å². The third kappa shape index (κ3) is 5.55. The van der Waals surface area contributed by atoms with Crippen molar-refractivity contribution in [1.82, 2.24) is 10.6 Å². The maximum Gasteiger partial charge on any atom is 0.313 e. The first kappa shape index (κ1) is 22.6. The minimum atomic E-state index is -0.890. The summed E-state index contributed by atoms with van der Waals surface area (Å²) in [6, 6.07) is 8.89. The van der Waals surface area contributed by atoms with Gasteiger partial charge < -0.3 is 25.4 Å². The molecule has 8 nitrogen and oxygen atoms in total. The van der Waals surface area contributed by atoms with Crippen LogP contribution < -0.4 is 25.4 Å². The molecule has 3 rings (SSSR count). The van der Waals surface area contributed by atoms with E-state index in [4.69, 9.17) is 9.47 Å². The van der Waals surface area contributed by atoms with Crippen molar-refractivity contribution in [1.29, 1.82) is 0 Å². The fraction of sp³-hybridized carbons (Fsp3) is 0.409. The average molecular weight is 446 g/mol. The molecule has 1 fully saturated rings. The Bertz CT molecular complexity index is 923. The van der Waals surface area contributed by atoms with Crippen LogP contribution in [0.4, 0.5) is 5.69 Å². The molecule has 3 N–H and O–H groups in total. The van der Waals surface area contributed by atoms with E-state index in [1.54, 1.807) is 29.5 Å². The third-order valence-corrected chi connectivity index (χ3v) is 6.60. The van der Waals surface area contributed by atoms with E-state index in [1.807, 2.05) is 6.07 Å². The zero-order valence-corrected chi connectivity index (χ0v) is 18.5. The van der Waals surface area contributed by atoms with Gasteiger partial charge in [0, 0.05) is 28.6 Å². The Hall–Kier alpha value is -3.07. The second-order valence-electron chi connectivity index (χ2n) is 7.45. The molecule has 1 saturated carbocycles. The van der Waals surface area contributed by atoms with Crippen LogP contribution in [0.25, 0.3) is 0 Å². The van der Waals surface area contributed by atoms with Gasteiger partial charge in [-0.2, -0.15) is 0 Å². The Morgan fingerprint density at radius 1 is 1.00 bits per heavy atom. The molecule has 166 valence electrons. The topological polar surface area (TPSA) is 106 Å². The number of nitrogens with one attached hydrogen (secondary N) is 3. The minimum Gasteiger partial charge on any atom is -0.493 e. The van der Waals surface area contributed by atoms with Gasteiger partial charge in [-0.3, -0.25) is 14.4 Å². The van der Waals surface area contributed by atoms with Crippen LogP contribution in [0.1, 0.15) is 30.6 Å². The molecule has 2 aromatic rings. The predicted octanol–water partition coefficient (Wildman–Crippen LogP) is 2.45. The summed E-state index contributed by atoms with van der Waals surface area (Å²) in [5, 5.41) is 9.80. The van der Waals surface area contributed by atoms with Crippen molar-refractivity contribution in [3.8, 4) is 11.5 Å². The van der Waals surface area contributed by atoms with Gasteiger partial charge in [0.2, 0.25) is 5.91 Å². The smallest absolute Gasteiger partial charge is 0.313 e. The number of anilines is 1. The van der Waals surface area contributed by atoms with Crippen LogP contribution in [0.2, 0.25) is 0 Å². The van der Waals surface area contributed by atoms with Crippen molar-refractivity contribution >= 4 is 34.7 Å². The van der Waals surface area contributed by atoms with Gasteiger partial charge >= 0.3 is 11.8 Å². The standard InChI is InChI=1S/C22H27N3O5S/c1-29-16-8-7-15(12-17(16)30-2)25-21(28)20(27)23-13-19(26)24-14-22(9-3-4-10-22)18-6-5-11-31-18/h5-8,11-12H,3-4,9-10,13-14H2,1-2H3,(H,23,27)(H,24,26)(H,25,28). The molecule has 0 radical (unpaired) electrons. The summed E-state index contributed by atoms with van der Waals surface area (Å²) < 4.78 is 10.3. The van der Waals surface area contributed by atoms with Gasteiger partial charge in [-0.1, -0.05) is 18.9 Å². The third-order valence-electron chi connectivity index (χ3n) is 5.49. The van der Waals surface area contributed by atoms with Crippen LogP contribution in [-0.2, 0) is 19.8 Å². The Labute approximate surface area is 185 Å². The lowest BCUT2D eigenvalue weighted by Crippen LogP contribution is -2.45. The second-order valence-corrected chi connectivity index (χ2v) is 8.40. The summed E-state index contributed by atoms with van der Waals surface area (Å²) in [7, 11) is 2.98. The summed E-state index contributed by atoms with van der Waals surface area (Å²) in [5.74, 6) is -1.16. The van der Waals surface area contributed by atoms with Gasteiger partial charge in [0.25, 0.3) is 0 Å². The van der Waals surface area contributed by atoms with Crippen molar-refractivity contribution in [3.63, 3.8) is 0 Å². The molecule has 1 aromatic heterocycles. The number of ether oxygens (including phenoxy) is 2. The summed E-state index contributed by atoms with van der Waals surface area (Å²) in [4.78, 5) is 37.8. The van der Waals surface area contributed by atoms with Gasteiger partial charge in [-0.25, -0.2) is 0 Å². The summed E-state index contributed by atoms with van der Waals surface area (Å²) in [5.41, 5.74) is 0.347. The normalized spacial score (nSPS) is 14.5. The number of carbonyl (C=O) groups is 3. The molecular formula is C22H27N3O5S. The highest BCUT2D eigenvalue weighted by molar-refractivity contribution is 7.10. The van der Waals surface area contributed by atoms with Gasteiger partial charge in [0.1, 0.15) is 0 Å². The summed E-state index contributed by atoms with van der Waals surface area (Å²) >= 11 is 1.71. The maximum absolute atomic E-state index is 12.3. The lowest BCUT2D eigenvalue weighted by molar-refractivity contribution is -0.136. The Morgan fingerprint density at radius 2 is 1.74 bits per heavy atom. The Kier molecular flexibility index (Phi) is 7.51. The quantitative estimate of drug-likeness (QED) is 0.541. The molecule has 0 aliphatic heterocycles. The van der Waals surface area contributed by atoms with E-state index < -0.39 is 11.8 Å². The van der Waals surface area contributed by atoms with Crippen LogP contribution in [0.3, 0.4) is 0 Å². The largest absolute Gasteiger partial charge is 0.493 e. The number of thiophene rings is 1. The molecule has 9 heteroatoms. The fourth-order valence-electron chi connectivity index (χ4n) is 3.82. The van der Waals surface area contributed by atoms with Gasteiger partial charge in [0.05, 0.1) is 20.8 Å². The first-order valence-corrected chi connectivity index (χ1v) is 11.0. The van der Waals surface area contributed by atoms with Gasteiger partial charge in [-0.15, -0.1) is 11.3 Å². The first-order chi connectivity index (χ1) is 15.0. The van der Waals surface area contributed by atoms with E-state index in [0.717, 1.165) is 25.7 Å². The average Bonchev–Trinajstić information content (AvgIpc) is 3.48. The van der Waals surface area contributed by atoms with Crippen LogP contribution in [0.5, 0.6) is 11.5 Å². The van der Waals surface area contributed by atoms with E-state index >= 15 is 0 Å². The van der Waals surface area contributed by atoms with Crippen molar-refractivity contribution in [3.05, 3.63) is 40.6 Å². The lowest BCUT2D eigenvalue weighted by atomic mass is 9.84. The molecule has 1 heterocycles. The van der Waals surface area contributed by atoms with Crippen molar-refractivity contribution in [2.45, 2.75) is 31.1 Å². The first-order valence-electron chi connectivity index (χ1n) is 10.1. The maximum atomic E-state index is 12.3. The number of hydrogen-bond acceptors (Lipinski definition) is 6. The fourth-order valence-corrected chi connectivity index (χ4v) is 4.80. The number of carbonyl (C=O) groups excluding carboxylic acids is 3. The van der Waals surface area contributed by atoms with E-state index in [9.17, 15) is 14.4 Å². The molecule has 31 heavy (non-hydrogen) atoms. The number of methoxy groups -OCH3 is 2. The highest BCUT2D eigenvalue weighted by Gasteiger charge is 2.36. The molecule has 1 aromatic carbocycles. The lowest BCUT2D eigenvalue weighted by Gasteiger charge is -2.28. The zero-order chi connectivity index (χ0) is 22.3. The van der Waals surface area contributed by atoms with Gasteiger partial charge in [0.15, 0.2) is 11.5 Å². The summed E-state index contributed by atoms with van der Waals surface area (Å²) in [6.45, 7) is 0.263. The van der Waals surface area contributed by atoms with Crippen molar-refractivity contribution in [2.75, 3.05) is 32.6 Å². The number of hydrogen-bond donors (Lipinski definition) is 3. The van der Waals surface area contributed by atoms with E-state index in [2.05, 4.69) is 27.4 Å². The number of amides is 3. The van der Waals surface area contributed by atoms with Crippen LogP contribution in [-0.4, -0.2) is 45.0 Å². The van der Waals surface area contributed by atoms with Crippen LogP contribution >= 0.6 is 11.3 Å². The number of rotatable bonds is 8. The zero-order valence-electron chi connectivity index (χ0n) is 17.7. The Balaban J connectivity index is 1.47. The van der Waals surface area contributed by atoms with E-state index in [1.165, 1.54) is 19.1 Å². The molecule has 0 spiro atoms. The van der Waals surface area contributed by atoms with Crippen molar-refractivity contribution in [2.24, 2.45) is 0 Å². The minimum absolute atomic E-state index is 0.0291. The van der Waals surface area contributed by atoms with Crippen molar-refractivity contribution < 1.29 is 23.9 Å². The molecule has 0 unspecified atom stereocenters. The summed E-state index contributed by atoms with van der Waals surface area (Å²) in [6.07, 6.45) is 4.35. The highest BCUT2D eigenvalue weighted by Crippen LogP contribution is 2.42. The monoisotopic (exact) mass is 445 g/mol. The molecule has 0 bridgehead atoms. The Morgan fingerprint density at radius 3 is 2.39 bits per heavy atom.